The van der Waals surface area contributed by atoms with E-state index in [1.807, 2.05) is 20.8 Å². The highest BCUT2D eigenvalue weighted by molar-refractivity contribution is 7.18. The highest BCUT2D eigenvalue weighted by atomic mass is 32.1. The smallest absolute Gasteiger partial charge is 0.268 e. The number of nitrogens with two attached hydrogens (primary N) is 1. The Kier molecular flexibility index (Phi) is 5.75. The number of likely N-dealkylation sites (N-methyl/N-ethyl adjacent to an activating group) is 1. The molecule has 1 aromatic rings. The fourth-order valence-corrected chi connectivity index (χ4v) is 2.41. The second-order valence-electron chi connectivity index (χ2n) is 4.52. The van der Waals surface area contributed by atoms with Gasteiger partial charge in [0.05, 0.1) is 6.54 Å². The Morgan fingerprint density at radius 3 is 2.55 bits per heavy atom. The molecule has 0 saturated heterocycles. The standard InChI is InChI=1S/C12H21N5O2S/c1-5-17(6-8(18)15-7(2)3)11(19)9-10(13)16-12(14-4)20-9/h7H,5-6,13H2,1-4H3,(H,14,16)(H,15,18). The van der Waals surface area contributed by atoms with Crippen LogP contribution < -0.4 is 16.4 Å². The fraction of sp³-hybridized carbons (Fsp3) is 0.583. The summed E-state index contributed by atoms with van der Waals surface area (Å²) < 4.78 is 0. The minimum atomic E-state index is -0.275. The van der Waals surface area contributed by atoms with Crippen molar-refractivity contribution < 1.29 is 9.59 Å². The zero-order chi connectivity index (χ0) is 15.3. The van der Waals surface area contributed by atoms with Crippen LogP contribution in [0, 0.1) is 0 Å². The number of carbonyl (C=O) groups is 2. The third-order valence-corrected chi connectivity index (χ3v) is 3.59. The quantitative estimate of drug-likeness (QED) is 0.720. The monoisotopic (exact) mass is 299 g/mol. The van der Waals surface area contributed by atoms with Crippen LogP contribution in [-0.4, -0.2) is 47.9 Å². The van der Waals surface area contributed by atoms with Gasteiger partial charge in [-0.1, -0.05) is 11.3 Å². The SMILES string of the molecule is CCN(CC(=O)NC(C)C)C(=O)c1sc(NC)nc1N. The largest absolute Gasteiger partial charge is 0.382 e. The van der Waals surface area contributed by atoms with Crippen LogP contribution in [0.2, 0.25) is 0 Å². The van der Waals surface area contributed by atoms with E-state index in [9.17, 15) is 9.59 Å². The number of hydrogen-bond acceptors (Lipinski definition) is 6. The van der Waals surface area contributed by atoms with E-state index in [4.69, 9.17) is 5.73 Å². The lowest BCUT2D eigenvalue weighted by Gasteiger charge is -2.20. The van der Waals surface area contributed by atoms with Crippen LogP contribution in [0.25, 0.3) is 0 Å². The lowest BCUT2D eigenvalue weighted by Crippen LogP contribution is -2.42. The van der Waals surface area contributed by atoms with Crippen LogP contribution in [0.3, 0.4) is 0 Å². The normalized spacial score (nSPS) is 10.4. The summed E-state index contributed by atoms with van der Waals surface area (Å²) in [5.74, 6) is -0.276. The molecule has 0 radical (unpaired) electrons. The number of amides is 2. The molecule has 112 valence electrons. The Labute approximate surface area is 122 Å². The van der Waals surface area contributed by atoms with Crippen molar-refractivity contribution in [2.75, 3.05) is 31.2 Å². The number of anilines is 2. The van der Waals surface area contributed by atoms with Crippen LogP contribution in [0.4, 0.5) is 10.9 Å². The van der Waals surface area contributed by atoms with Gasteiger partial charge in [-0.15, -0.1) is 0 Å². The Morgan fingerprint density at radius 2 is 2.10 bits per heavy atom. The van der Waals surface area contributed by atoms with E-state index in [1.54, 1.807) is 7.05 Å². The minimum Gasteiger partial charge on any atom is -0.382 e. The van der Waals surface area contributed by atoms with Crippen molar-refractivity contribution in [2.24, 2.45) is 0 Å². The average molecular weight is 299 g/mol. The molecule has 0 unspecified atom stereocenters. The number of nitrogens with zero attached hydrogens (tertiary/aromatic N) is 2. The Morgan fingerprint density at radius 1 is 1.45 bits per heavy atom. The second kappa shape index (κ2) is 7.09. The van der Waals surface area contributed by atoms with E-state index in [0.29, 0.717) is 16.6 Å². The van der Waals surface area contributed by atoms with Crippen LogP contribution >= 0.6 is 11.3 Å². The summed E-state index contributed by atoms with van der Waals surface area (Å²) in [6.45, 7) is 6.00. The number of rotatable bonds is 6. The molecular formula is C12H21N5O2S. The van der Waals surface area contributed by atoms with Gasteiger partial charge in [-0.2, -0.15) is 0 Å². The molecular weight excluding hydrogens is 278 g/mol. The molecule has 7 nitrogen and oxygen atoms in total. The number of thiazole rings is 1. The van der Waals surface area contributed by atoms with Gasteiger partial charge in [0.25, 0.3) is 5.91 Å². The number of carbonyl (C=O) groups excluding carboxylic acids is 2. The molecule has 2 amide bonds. The Balaban J connectivity index is 2.81. The molecule has 0 spiro atoms. The predicted molar refractivity (Wildman–Crippen MR) is 80.9 cm³/mol. The van der Waals surface area contributed by atoms with Crippen LogP contribution in [-0.2, 0) is 4.79 Å². The van der Waals surface area contributed by atoms with E-state index in [1.165, 1.54) is 16.2 Å². The predicted octanol–water partition coefficient (Wildman–Crippen LogP) is 0.754. The third kappa shape index (κ3) is 4.09. The maximum atomic E-state index is 12.4. The van der Waals surface area contributed by atoms with Gasteiger partial charge in [0, 0.05) is 19.6 Å². The van der Waals surface area contributed by atoms with Gasteiger partial charge in [-0.05, 0) is 20.8 Å². The second-order valence-corrected chi connectivity index (χ2v) is 5.52. The zero-order valence-electron chi connectivity index (χ0n) is 12.2. The number of aromatic nitrogens is 1. The van der Waals surface area contributed by atoms with Gasteiger partial charge in [-0.25, -0.2) is 4.98 Å². The molecule has 0 saturated carbocycles. The maximum absolute atomic E-state index is 12.4. The average Bonchev–Trinajstić information content (AvgIpc) is 2.75. The summed E-state index contributed by atoms with van der Waals surface area (Å²) in [6, 6.07) is 0.0423. The molecule has 4 N–H and O–H groups in total. The third-order valence-electron chi connectivity index (χ3n) is 2.51. The minimum absolute atomic E-state index is 0.0136. The number of hydrogen-bond donors (Lipinski definition) is 3. The molecule has 20 heavy (non-hydrogen) atoms. The van der Waals surface area contributed by atoms with Crippen molar-refractivity contribution in [3.05, 3.63) is 4.88 Å². The Hall–Kier alpha value is -1.83. The highest BCUT2D eigenvalue weighted by Crippen LogP contribution is 2.25. The van der Waals surface area contributed by atoms with E-state index in [0.717, 1.165) is 0 Å². The topological polar surface area (TPSA) is 100 Å². The lowest BCUT2D eigenvalue weighted by atomic mass is 10.3. The first-order valence-electron chi connectivity index (χ1n) is 6.41. The molecule has 0 aromatic carbocycles. The molecule has 0 aliphatic heterocycles. The van der Waals surface area contributed by atoms with Crippen LogP contribution in [0.5, 0.6) is 0 Å². The van der Waals surface area contributed by atoms with Crippen LogP contribution in [0.15, 0.2) is 0 Å². The van der Waals surface area contributed by atoms with Crippen molar-refractivity contribution in [3.8, 4) is 0 Å². The molecule has 0 fully saturated rings. The maximum Gasteiger partial charge on any atom is 0.268 e. The van der Waals surface area contributed by atoms with Crippen molar-refractivity contribution >= 4 is 34.1 Å². The molecule has 0 aliphatic rings. The summed E-state index contributed by atoms with van der Waals surface area (Å²) >= 11 is 1.18. The van der Waals surface area contributed by atoms with Gasteiger partial charge in [-0.3, -0.25) is 9.59 Å². The van der Waals surface area contributed by atoms with E-state index < -0.39 is 0 Å². The molecule has 0 bridgehead atoms. The van der Waals surface area contributed by atoms with Gasteiger partial charge in [0.2, 0.25) is 5.91 Å². The van der Waals surface area contributed by atoms with Crippen molar-refractivity contribution in [3.63, 3.8) is 0 Å². The molecule has 0 atom stereocenters. The molecule has 8 heteroatoms. The fourth-order valence-electron chi connectivity index (χ4n) is 1.60. The van der Waals surface area contributed by atoms with Crippen LogP contribution in [0.1, 0.15) is 30.4 Å². The summed E-state index contributed by atoms with van der Waals surface area (Å²) in [6.07, 6.45) is 0. The molecule has 1 rings (SSSR count). The van der Waals surface area contributed by atoms with Crippen molar-refractivity contribution in [1.29, 1.82) is 0 Å². The lowest BCUT2D eigenvalue weighted by molar-refractivity contribution is -0.122. The first-order valence-corrected chi connectivity index (χ1v) is 7.23. The molecule has 1 heterocycles. The van der Waals surface area contributed by atoms with E-state index >= 15 is 0 Å². The first-order chi connectivity index (χ1) is 9.38. The summed E-state index contributed by atoms with van der Waals surface area (Å²) in [5, 5.41) is 6.18. The van der Waals surface area contributed by atoms with Gasteiger partial charge in [0.15, 0.2) is 5.13 Å². The van der Waals surface area contributed by atoms with Crippen molar-refractivity contribution in [1.82, 2.24) is 15.2 Å². The van der Waals surface area contributed by atoms with Gasteiger partial charge >= 0.3 is 0 Å². The summed E-state index contributed by atoms with van der Waals surface area (Å²) in [5.41, 5.74) is 5.73. The summed E-state index contributed by atoms with van der Waals surface area (Å²) in [7, 11) is 1.71. The van der Waals surface area contributed by atoms with Crippen molar-refractivity contribution in [2.45, 2.75) is 26.8 Å². The highest BCUT2D eigenvalue weighted by Gasteiger charge is 2.23. The number of nitrogens with one attached hydrogen (secondary N) is 2. The summed E-state index contributed by atoms with van der Waals surface area (Å²) in [4.78, 5) is 29.9. The van der Waals surface area contributed by atoms with Gasteiger partial charge in [0.1, 0.15) is 10.7 Å². The Bertz CT molecular complexity index is 486. The van der Waals surface area contributed by atoms with E-state index in [-0.39, 0.29) is 30.2 Å². The molecule has 0 aliphatic carbocycles. The number of nitrogen functional groups attached to an aromatic ring is 1. The van der Waals surface area contributed by atoms with E-state index in [2.05, 4.69) is 15.6 Å². The van der Waals surface area contributed by atoms with Gasteiger partial charge < -0.3 is 21.3 Å². The molecule has 1 aromatic heterocycles. The first kappa shape index (κ1) is 16.2. The zero-order valence-corrected chi connectivity index (χ0v) is 13.0.